The van der Waals surface area contributed by atoms with E-state index in [0.717, 1.165) is 36.7 Å². The van der Waals surface area contributed by atoms with Crippen molar-refractivity contribution in [1.82, 2.24) is 0 Å². The van der Waals surface area contributed by atoms with E-state index >= 15 is 0 Å². The molecule has 0 aromatic heterocycles. The fraction of sp³-hybridized carbons (Fsp3) is 0.667. The van der Waals surface area contributed by atoms with Crippen molar-refractivity contribution in [3.05, 3.63) is 12.7 Å². The van der Waals surface area contributed by atoms with Gasteiger partial charge < -0.3 is 4.74 Å². The van der Waals surface area contributed by atoms with Crippen LogP contribution in [0.15, 0.2) is 12.7 Å². The standard InChI is InChI=1S/C9H14OS2/c1-2-3-4-8(11)9-7-10-5-6-12-9/h2,9H,1,3-7H2. The number of thiocarbonyl (C=S) groups is 1. The Hall–Kier alpha value is 0.140. The third kappa shape index (κ3) is 3.25. The Bertz CT molecular complexity index is 162. The van der Waals surface area contributed by atoms with Crippen molar-refractivity contribution >= 4 is 28.8 Å². The molecule has 1 saturated heterocycles. The van der Waals surface area contributed by atoms with Gasteiger partial charge in [0, 0.05) is 10.6 Å². The van der Waals surface area contributed by atoms with Gasteiger partial charge in [0.2, 0.25) is 0 Å². The van der Waals surface area contributed by atoms with Gasteiger partial charge in [-0.1, -0.05) is 18.3 Å². The molecule has 1 heterocycles. The van der Waals surface area contributed by atoms with E-state index in [1.807, 2.05) is 17.8 Å². The quantitative estimate of drug-likeness (QED) is 0.512. The summed E-state index contributed by atoms with van der Waals surface area (Å²) in [6.45, 7) is 5.37. The van der Waals surface area contributed by atoms with Gasteiger partial charge >= 0.3 is 0 Å². The molecule has 1 atom stereocenters. The van der Waals surface area contributed by atoms with Crippen LogP contribution in [0.5, 0.6) is 0 Å². The Morgan fingerprint density at radius 1 is 1.75 bits per heavy atom. The molecule has 0 aromatic carbocycles. The highest BCUT2D eigenvalue weighted by molar-refractivity contribution is 8.01. The lowest BCUT2D eigenvalue weighted by atomic mass is 10.2. The highest BCUT2D eigenvalue weighted by Gasteiger charge is 2.17. The zero-order valence-corrected chi connectivity index (χ0v) is 8.76. The molecule has 1 unspecified atom stereocenters. The number of hydrogen-bond donors (Lipinski definition) is 0. The van der Waals surface area contributed by atoms with Crippen LogP contribution in [0.1, 0.15) is 12.8 Å². The highest BCUT2D eigenvalue weighted by Crippen LogP contribution is 2.19. The van der Waals surface area contributed by atoms with Gasteiger partial charge in [-0.3, -0.25) is 0 Å². The first-order valence-corrected chi connectivity index (χ1v) is 5.63. The summed E-state index contributed by atoms with van der Waals surface area (Å²) < 4.78 is 5.35. The molecule has 0 radical (unpaired) electrons. The molecule has 1 rings (SSSR count). The first-order valence-electron chi connectivity index (χ1n) is 4.17. The summed E-state index contributed by atoms with van der Waals surface area (Å²) in [5.74, 6) is 1.08. The van der Waals surface area contributed by atoms with Crippen LogP contribution in [0.4, 0.5) is 0 Å². The predicted octanol–water partition coefficient (Wildman–Crippen LogP) is 2.45. The SMILES string of the molecule is C=CCCC(=S)C1COCCS1. The van der Waals surface area contributed by atoms with Crippen molar-refractivity contribution in [3.63, 3.8) is 0 Å². The van der Waals surface area contributed by atoms with Crippen LogP contribution < -0.4 is 0 Å². The zero-order chi connectivity index (χ0) is 8.81. The average Bonchev–Trinajstić information content (AvgIpc) is 2.15. The van der Waals surface area contributed by atoms with E-state index in [2.05, 4.69) is 6.58 Å². The van der Waals surface area contributed by atoms with Crippen molar-refractivity contribution in [2.75, 3.05) is 19.0 Å². The van der Waals surface area contributed by atoms with Gasteiger partial charge in [0.05, 0.1) is 18.5 Å². The second-order valence-corrected chi connectivity index (χ2v) is 4.56. The lowest BCUT2D eigenvalue weighted by Gasteiger charge is -2.22. The van der Waals surface area contributed by atoms with Crippen molar-refractivity contribution in [2.24, 2.45) is 0 Å². The normalized spacial score (nSPS) is 23.5. The van der Waals surface area contributed by atoms with E-state index in [1.54, 1.807) is 0 Å². The maximum atomic E-state index is 5.35. The summed E-state index contributed by atoms with van der Waals surface area (Å²) in [6, 6.07) is 0. The molecule has 1 aliphatic heterocycles. The van der Waals surface area contributed by atoms with Crippen LogP contribution in [0.25, 0.3) is 0 Å². The molecule has 0 bridgehead atoms. The molecule has 3 heteroatoms. The van der Waals surface area contributed by atoms with Gasteiger partial charge in [0.1, 0.15) is 0 Å². The van der Waals surface area contributed by atoms with E-state index < -0.39 is 0 Å². The van der Waals surface area contributed by atoms with Crippen LogP contribution >= 0.6 is 24.0 Å². The fourth-order valence-electron chi connectivity index (χ4n) is 1.08. The Balaban J connectivity index is 2.24. The second-order valence-electron chi connectivity index (χ2n) is 2.73. The molecule has 68 valence electrons. The van der Waals surface area contributed by atoms with E-state index in [1.165, 1.54) is 0 Å². The van der Waals surface area contributed by atoms with Gasteiger partial charge in [0.15, 0.2) is 0 Å². The summed E-state index contributed by atoms with van der Waals surface area (Å²) in [4.78, 5) is 1.14. The monoisotopic (exact) mass is 202 g/mol. The lowest BCUT2D eigenvalue weighted by Crippen LogP contribution is -2.27. The molecule has 1 fully saturated rings. The van der Waals surface area contributed by atoms with Crippen LogP contribution in [0.2, 0.25) is 0 Å². The van der Waals surface area contributed by atoms with Crippen LogP contribution in [0, 0.1) is 0 Å². The summed E-state index contributed by atoms with van der Waals surface area (Å²) in [6.07, 6.45) is 3.90. The minimum Gasteiger partial charge on any atom is -0.379 e. The third-order valence-corrected chi connectivity index (χ3v) is 3.63. The Kier molecular flexibility index (Phi) is 4.88. The molecule has 0 spiro atoms. The number of thioether (sulfide) groups is 1. The third-order valence-electron chi connectivity index (χ3n) is 1.77. The highest BCUT2D eigenvalue weighted by atomic mass is 32.2. The summed E-state index contributed by atoms with van der Waals surface area (Å²) >= 11 is 7.21. The lowest BCUT2D eigenvalue weighted by molar-refractivity contribution is 0.153. The van der Waals surface area contributed by atoms with E-state index in [4.69, 9.17) is 17.0 Å². The number of hydrogen-bond acceptors (Lipinski definition) is 3. The maximum absolute atomic E-state index is 5.35. The molecule has 1 nitrogen and oxygen atoms in total. The van der Waals surface area contributed by atoms with Crippen molar-refractivity contribution in [3.8, 4) is 0 Å². The average molecular weight is 202 g/mol. The maximum Gasteiger partial charge on any atom is 0.0631 e. The molecule has 0 amide bonds. The first kappa shape index (κ1) is 10.2. The minimum atomic E-state index is 0.452. The fourth-order valence-corrected chi connectivity index (χ4v) is 2.46. The van der Waals surface area contributed by atoms with Gasteiger partial charge in [-0.05, 0) is 12.8 Å². The summed E-state index contributed by atoms with van der Waals surface area (Å²) in [5, 5.41) is 0.452. The molecule has 12 heavy (non-hydrogen) atoms. The predicted molar refractivity (Wildman–Crippen MR) is 59.1 cm³/mol. The van der Waals surface area contributed by atoms with E-state index in [-0.39, 0.29) is 0 Å². The number of allylic oxidation sites excluding steroid dienone is 1. The Morgan fingerprint density at radius 2 is 2.58 bits per heavy atom. The minimum absolute atomic E-state index is 0.452. The van der Waals surface area contributed by atoms with E-state index in [9.17, 15) is 0 Å². The molecule has 1 aliphatic rings. The smallest absolute Gasteiger partial charge is 0.0631 e. The molecule has 0 aliphatic carbocycles. The summed E-state index contributed by atoms with van der Waals surface area (Å²) in [5.41, 5.74) is 0. The van der Waals surface area contributed by atoms with Gasteiger partial charge in [0.25, 0.3) is 0 Å². The number of rotatable bonds is 4. The molecule has 0 aromatic rings. The Labute approximate surface area is 83.6 Å². The number of ether oxygens (including phenoxy) is 1. The molecule has 0 N–H and O–H groups in total. The molecular formula is C9H14OS2. The van der Waals surface area contributed by atoms with E-state index in [0.29, 0.717) is 5.25 Å². The van der Waals surface area contributed by atoms with Crippen molar-refractivity contribution < 1.29 is 4.74 Å². The van der Waals surface area contributed by atoms with Crippen molar-refractivity contribution in [2.45, 2.75) is 18.1 Å². The zero-order valence-electron chi connectivity index (χ0n) is 7.12. The van der Waals surface area contributed by atoms with Crippen LogP contribution in [-0.4, -0.2) is 29.1 Å². The first-order chi connectivity index (χ1) is 5.84. The van der Waals surface area contributed by atoms with Gasteiger partial charge in [-0.2, -0.15) is 0 Å². The van der Waals surface area contributed by atoms with Gasteiger partial charge in [-0.25, -0.2) is 0 Å². The van der Waals surface area contributed by atoms with Crippen molar-refractivity contribution in [1.29, 1.82) is 0 Å². The summed E-state index contributed by atoms with van der Waals surface area (Å²) in [7, 11) is 0. The Morgan fingerprint density at radius 3 is 3.17 bits per heavy atom. The largest absolute Gasteiger partial charge is 0.379 e. The van der Waals surface area contributed by atoms with Crippen LogP contribution in [-0.2, 0) is 4.74 Å². The molecule has 0 saturated carbocycles. The van der Waals surface area contributed by atoms with Gasteiger partial charge in [-0.15, -0.1) is 18.3 Å². The topological polar surface area (TPSA) is 9.23 Å². The molecular weight excluding hydrogens is 188 g/mol. The second kappa shape index (κ2) is 5.73. The van der Waals surface area contributed by atoms with Crippen LogP contribution in [0.3, 0.4) is 0 Å².